The molecule has 1 N–H and O–H groups in total. The van der Waals surface area contributed by atoms with Crippen LogP contribution in [0.3, 0.4) is 0 Å². The molecule has 5 rings (SSSR count). The third-order valence-corrected chi connectivity index (χ3v) is 5.39. The van der Waals surface area contributed by atoms with E-state index < -0.39 is 0 Å². The second-order valence-corrected chi connectivity index (χ2v) is 7.00. The van der Waals surface area contributed by atoms with Crippen LogP contribution in [0.4, 0.5) is 0 Å². The molecule has 0 spiro atoms. The van der Waals surface area contributed by atoms with Crippen LogP contribution in [0.15, 0.2) is 48.7 Å². The van der Waals surface area contributed by atoms with Crippen LogP contribution < -0.4 is 9.47 Å². The van der Waals surface area contributed by atoms with Crippen molar-refractivity contribution in [3.8, 4) is 11.5 Å². The van der Waals surface area contributed by atoms with E-state index in [0.29, 0.717) is 30.2 Å². The van der Waals surface area contributed by atoms with Crippen molar-refractivity contribution in [2.24, 2.45) is 0 Å². The Kier molecular flexibility index (Phi) is 3.67. The van der Waals surface area contributed by atoms with Crippen molar-refractivity contribution in [2.75, 3.05) is 19.9 Å². The van der Waals surface area contributed by atoms with Crippen molar-refractivity contribution in [2.45, 2.75) is 13.3 Å². The standard InChI is InChI=1S/C22H20N2O3/c1-14-3-2-4-17-18(12-23-21(14)17)15-7-9-24(10-8-15)22(25)16-5-6-19-20(11-16)27-13-26-19/h2-7,11-12,23H,8-10,13H2,1H3. The van der Waals surface area contributed by atoms with Crippen LogP contribution in [0.1, 0.15) is 27.9 Å². The fourth-order valence-corrected chi connectivity index (χ4v) is 3.88. The van der Waals surface area contributed by atoms with Gasteiger partial charge in [-0.3, -0.25) is 4.79 Å². The van der Waals surface area contributed by atoms with Gasteiger partial charge < -0.3 is 19.4 Å². The summed E-state index contributed by atoms with van der Waals surface area (Å²) in [7, 11) is 0. The summed E-state index contributed by atoms with van der Waals surface area (Å²) in [5.74, 6) is 1.36. The van der Waals surface area contributed by atoms with Gasteiger partial charge in [-0.15, -0.1) is 0 Å². The summed E-state index contributed by atoms with van der Waals surface area (Å²) in [4.78, 5) is 18.1. The van der Waals surface area contributed by atoms with Crippen LogP contribution in [0.5, 0.6) is 11.5 Å². The number of aryl methyl sites for hydroxylation is 1. The zero-order chi connectivity index (χ0) is 18.4. The van der Waals surface area contributed by atoms with Crippen molar-refractivity contribution in [1.82, 2.24) is 9.88 Å². The molecule has 2 aliphatic rings. The summed E-state index contributed by atoms with van der Waals surface area (Å²) in [5.41, 5.74) is 5.60. The molecule has 0 saturated carbocycles. The Balaban J connectivity index is 1.37. The first-order chi connectivity index (χ1) is 13.2. The van der Waals surface area contributed by atoms with Crippen molar-refractivity contribution in [3.63, 3.8) is 0 Å². The van der Waals surface area contributed by atoms with Crippen LogP contribution in [0, 0.1) is 6.92 Å². The van der Waals surface area contributed by atoms with Gasteiger partial charge in [-0.05, 0) is 42.7 Å². The zero-order valence-corrected chi connectivity index (χ0v) is 15.1. The van der Waals surface area contributed by atoms with Crippen LogP contribution in [-0.2, 0) is 0 Å². The number of amides is 1. The SMILES string of the molecule is Cc1cccc2c(C3=CCN(C(=O)c4ccc5c(c4)OCO5)CC3)c[nH]c12. The normalized spacial score (nSPS) is 15.9. The molecule has 1 aromatic heterocycles. The number of fused-ring (bicyclic) bond motifs is 2. The summed E-state index contributed by atoms with van der Waals surface area (Å²) in [6.07, 6.45) is 5.09. The maximum absolute atomic E-state index is 12.8. The second kappa shape index (κ2) is 6.20. The van der Waals surface area contributed by atoms with Crippen LogP contribution in [-0.4, -0.2) is 35.7 Å². The maximum Gasteiger partial charge on any atom is 0.254 e. The molecule has 3 aromatic rings. The number of H-pyrrole nitrogens is 1. The Morgan fingerprint density at radius 2 is 2.04 bits per heavy atom. The smallest absolute Gasteiger partial charge is 0.254 e. The van der Waals surface area contributed by atoms with Crippen molar-refractivity contribution < 1.29 is 14.3 Å². The van der Waals surface area contributed by atoms with Gasteiger partial charge in [-0.1, -0.05) is 24.3 Å². The van der Waals surface area contributed by atoms with Gasteiger partial charge in [0.2, 0.25) is 6.79 Å². The third-order valence-electron chi connectivity index (χ3n) is 5.39. The molecule has 5 heteroatoms. The third kappa shape index (κ3) is 2.67. The fourth-order valence-electron chi connectivity index (χ4n) is 3.88. The molecule has 0 bridgehead atoms. The lowest BCUT2D eigenvalue weighted by Crippen LogP contribution is -2.34. The van der Waals surface area contributed by atoms with Gasteiger partial charge in [0, 0.05) is 41.3 Å². The van der Waals surface area contributed by atoms with E-state index in [1.54, 1.807) is 18.2 Å². The molecular weight excluding hydrogens is 340 g/mol. The van der Waals surface area contributed by atoms with Gasteiger partial charge in [-0.2, -0.15) is 0 Å². The van der Waals surface area contributed by atoms with Gasteiger partial charge in [0.05, 0.1) is 0 Å². The monoisotopic (exact) mass is 360 g/mol. The number of rotatable bonds is 2. The number of carbonyl (C=O) groups is 1. The zero-order valence-electron chi connectivity index (χ0n) is 15.1. The molecule has 1 amide bonds. The minimum Gasteiger partial charge on any atom is -0.454 e. The molecular formula is C22H20N2O3. The van der Waals surface area contributed by atoms with Gasteiger partial charge in [-0.25, -0.2) is 0 Å². The molecule has 0 fully saturated rings. The van der Waals surface area contributed by atoms with E-state index in [0.717, 1.165) is 6.42 Å². The minimum absolute atomic E-state index is 0.0263. The average Bonchev–Trinajstić information content (AvgIpc) is 3.34. The lowest BCUT2D eigenvalue weighted by molar-refractivity contribution is 0.0772. The topological polar surface area (TPSA) is 54.6 Å². The Morgan fingerprint density at radius 3 is 2.89 bits per heavy atom. The molecule has 0 unspecified atom stereocenters. The predicted octanol–water partition coefficient (Wildman–Crippen LogP) is 4.13. The van der Waals surface area contributed by atoms with Gasteiger partial charge in [0.1, 0.15) is 0 Å². The molecule has 0 atom stereocenters. The van der Waals surface area contributed by atoms with Crippen molar-refractivity contribution in [1.29, 1.82) is 0 Å². The maximum atomic E-state index is 12.8. The first kappa shape index (κ1) is 16.0. The lowest BCUT2D eigenvalue weighted by Gasteiger charge is -2.26. The molecule has 2 aliphatic heterocycles. The Bertz CT molecular complexity index is 1080. The highest BCUT2D eigenvalue weighted by Crippen LogP contribution is 2.34. The molecule has 3 heterocycles. The highest BCUT2D eigenvalue weighted by Gasteiger charge is 2.23. The van der Waals surface area contributed by atoms with E-state index in [4.69, 9.17) is 9.47 Å². The van der Waals surface area contributed by atoms with E-state index >= 15 is 0 Å². The summed E-state index contributed by atoms with van der Waals surface area (Å²) < 4.78 is 10.7. The Morgan fingerprint density at radius 1 is 1.15 bits per heavy atom. The van der Waals surface area contributed by atoms with E-state index in [2.05, 4.69) is 42.4 Å². The number of aromatic nitrogens is 1. The summed E-state index contributed by atoms with van der Waals surface area (Å²) >= 11 is 0. The number of benzene rings is 2. The first-order valence-corrected chi connectivity index (χ1v) is 9.16. The molecule has 136 valence electrons. The molecule has 0 saturated heterocycles. The Labute approximate surface area is 157 Å². The average molecular weight is 360 g/mol. The number of carbonyl (C=O) groups excluding carboxylic acids is 1. The largest absolute Gasteiger partial charge is 0.454 e. The summed E-state index contributed by atoms with van der Waals surface area (Å²) in [5, 5.41) is 1.25. The van der Waals surface area contributed by atoms with E-state index in [1.165, 1.54) is 27.6 Å². The molecule has 5 nitrogen and oxygen atoms in total. The number of ether oxygens (including phenoxy) is 2. The first-order valence-electron chi connectivity index (χ1n) is 9.16. The number of aromatic amines is 1. The van der Waals surface area contributed by atoms with Crippen LogP contribution in [0.2, 0.25) is 0 Å². The fraction of sp³-hybridized carbons (Fsp3) is 0.227. The predicted molar refractivity (Wildman–Crippen MR) is 104 cm³/mol. The second-order valence-electron chi connectivity index (χ2n) is 7.00. The van der Waals surface area contributed by atoms with Crippen molar-refractivity contribution in [3.05, 3.63) is 65.4 Å². The van der Waals surface area contributed by atoms with Crippen LogP contribution in [0.25, 0.3) is 16.5 Å². The molecule has 27 heavy (non-hydrogen) atoms. The summed E-state index contributed by atoms with van der Waals surface area (Å²) in [6.45, 7) is 3.65. The number of hydrogen-bond acceptors (Lipinski definition) is 3. The van der Waals surface area contributed by atoms with Gasteiger partial charge in [0.25, 0.3) is 5.91 Å². The number of hydrogen-bond donors (Lipinski definition) is 1. The van der Waals surface area contributed by atoms with E-state index in [-0.39, 0.29) is 12.7 Å². The molecule has 2 aromatic carbocycles. The van der Waals surface area contributed by atoms with E-state index in [9.17, 15) is 4.79 Å². The molecule has 0 radical (unpaired) electrons. The number of nitrogens with zero attached hydrogens (tertiary/aromatic N) is 1. The van der Waals surface area contributed by atoms with E-state index in [1.807, 2.05) is 4.90 Å². The quantitative estimate of drug-likeness (QED) is 0.747. The van der Waals surface area contributed by atoms with Gasteiger partial charge >= 0.3 is 0 Å². The Hall–Kier alpha value is -3.21. The minimum atomic E-state index is 0.0263. The number of para-hydroxylation sites is 1. The van der Waals surface area contributed by atoms with Crippen LogP contribution >= 0.6 is 0 Å². The lowest BCUT2D eigenvalue weighted by atomic mass is 9.98. The molecule has 0 aliphatic carbocycles. The highest BCUT2D eigenvalue weighted by atomic mass is 16.7. The van der Waals surface area contributed by atoms with Gasteiger partial charge in [0.15, 0.2) is 11.5 Å². The highest BCUT2D eigenvalue weighted by molar-refractivity contribution is 5.97. The summed E-state index contributed by atoms with van der Waals surface area (Å²) in [6, 6.07) is 11.7. The van der Waals surface area contributed by atoms with Crippen molar-refractivity contribution >= 4 is 22.4 Å². The number of nitrogens with one attached hydrogen (secondary N) is 1.